The van der Waals surface area contributed by atoms with E-state index in [4.69, 9.17) is 11.6 Å². The topological polar surface area (TPSA) is 57.6 Å². The largest absolute Gasteiger partial charge is 0.479 e. The first-order valence-corrected chi connectivity index (χ1v) is 7.12. The van der Waals surface area contributed by atoms with Gasteiger partial charge in [-0.05, 0) is 43.9 Å². The lowest BCUT2D eigenvalue weighted by Crippen LogP contribution is -2.52. The number of halogens is 1. The van der Waals surface area contributed by atoms with Gasteiger partial charge < -0.3 is 10.0 Å². The van der Waals surface area contributed by atoms with Gasteiger partial charge >= 0.3 is 5.97 Å². The molecule has 1 N–H and O–H groups in total. The van der Waals surface area contributed by atoms with Crippen LogP contribution in [0.5, 0.6) is 0 Å². The van der Waals surface area contributed by atoms with Crippen LogP contribution in [-0.2, 0) is 4.79 Å². The summed E-state index contributed by atoms with van der Waals surface area (Å²) in [7, 11) is 0. The van der Waals surface area contributed by atoms with Crippen molar-refractivity contribution in [1.82, 2.24) is 4.90 Å². The molecule has 0 bridgehead atoms. The highest BCUT2D eigenvalue weighted by Crippen LogP contribution is 2.35. The van der Waals surface area contributed by atoms with E-state index in [0.29, 0.717) is 42.0 Å². The quantitative estimate of drug-likeness (QED) is 0.932. The van der Waals surface area contributed by atoms with Crippen LogP contribution in [-0.4, -0.2) is 34.0 Å². The molecule has 1 aromatic rings. The SMILES string of the molecule is CCC1(C(=O)O)CCCN1C(=O)c1cccc(Cl)c1C. The molecular formula is C15H18ClNO3. The number of nitrogens with zero attached hydrogens (tertiary/aromatic N) is 1. The zero-order chi connectivity index (χ0) is 14.9. The summed E-state index contributed by atoms with van der Waals surface area (Å²) >= 11 is 6.05. The Kier molecular flexibility index (Phi) is 4.04. The van der Waals surface area contributed by atoms with E-state index in [1.807, 2.05) is 6.92 Å². The second-order valence-corrected chi connectivity index (χ2v) is 5.57. The second kappa shape index (κ2) is 5.44. The lowest BCUT2D eigenvalue weighted by atomic mass is 9.92. The lowest BCUT2D eigenvalue weighted by molar-refractivity contribution is -0.148. The average Bonchev–Trinajstić information content (AvgIpc) is 2.86. The molecule has 1 aliphatic rings. The van der Waals surface area contributed by atoms with Crippen LogP contribution in [0, 0.1) is 6.92 Å². The molecule has 1 aliphatic heterocycles. The van der Waals surface area contributed by atoms with Crippen molar-refractivity contribution in [2.75, 3.05) is 6.54 Å². The van der Waals surface area contributed by atoms with Gasteiger partial charge in [-0.2, -0.15) is 0 Å². The Labute approximate surface area is 123 Å². The molecular weight excluding hydrogens is 278 g/mol. The van der Waals surface area contributed by atoms with Crippen molar-refractivity contribution < 1.29 is 14.7 Å². The first-order chi connectivity index (χ1) is 9.44. The van der Waals surface area contributed by atoms with Gasteiger partial charge in [0.1, 0.15) is 5.54 Å². The van der Waals surface area contributed by atoms with Crippen LogP contribution in [0.2, 0.25) is 5.02 Å². The molecule has 1 aromatic carbocycles. The molecule has 0 aliphatic carbocycles. The molecule has 0 spiro atoms. The lowest BCUT2D eigenvalue weighted by Gasteiger charge is -2.34. The number of rotatable bonds is 3. The van der Waals surface area contributed by atoms with Crippen molar-refractivity contribution in [3.05, 3.63) is 34.3 Å². The molecule has 5 heteroatoms. The van der Waals surface area contributed by atoms with Crippen LogP contribution in [0.4, 0.5) is 0 Å². The fourth-order valence-electron chi connectivity index (χ4n) is 2.90. The molecule has 108 valence electrons. The maximum absolute atomic E-state index is 12.7. The van der Waals surface area contributed by atoms with Gasteiger partial charge in [0, 0.05) is 17.1 Å². The van der Waals surface area contributed by atoms with Crippen LogP contribution in [0.25, 0.3) is 0 Å². The Morgan fingerprint density at radius 2 is 2.15 bits per heavy atom. The minimum Gasteiger partial charge on any atom is -0.479 e. The minimum absolute atomic E-state index is 0.244. The van der Waals surface area contributed by atoms with E-state index in [-0.39, 0.29) is 5.91 Å². The Morgan fingerprint density at radius 3 is 2.75 bits per heavy atom. The molecule has 0 saturated carbocycles. The number of hydrogen-bond acceptors (Lipinski definition) is 2. The predicted octanol–water partition coefficient (Wildman–Crippen LogP) is 3.12. The third-order valence-corrected chi connectivity index (χ3v) is 4.62. The maximum Gasteiger partial charge on any atom is 0.329 e. The summed E-state index contributed by atoms with van der Waals surface area (Å²) in [5.74, 6) is -1.17. The third-order valence-electron chi connectivity index (χ3n) is 4.21. The number of carboxylic acid groups (broad SMARTS) is 1. The first kappa shape index (κ1) is 14.9. The van der Waals surface area contributed by atoms with Crippen molar-refractivity contribution in [1.29, 1.82) is 0 Å². The number of amides is 1. The predicted molar refractivity (Wildman–Crippen MR) is 77.1 cm³/mol. The fourth-order valence-corrected chi connectivity index (χ4v) is 3.07. The van der Waals surface area contributed by atoms with E-state index in [9.17, 15) is 14.7 Å². The van der Waals surface area contributed by atoms with Gasteiger partial charge in [-0.25, -0.2) is 4.79 Å². The third kappa shape index (κ3) is 2.18. The summed E-state index contributed by atoms with van der Waals surface area (Å²) in [6.07, 6.45) is 1.63. The smallest absolute Gasteiger partial charge is 0.329 e. The summed E-state index contributed by atoms with van der Waals surface area (Å²) < 4.78 is 0. The zero-order valence-electron chi connectivity index (χ0n) is 11.6. The normalized spacial score (nSPS) is 22.1. The van der Waals surface area contributed by atoms with E-state index in [0.717, 1.165) is 0 Å². The Balaban J connectivity index is 2.42. The molecule has 0 aromatic heterocycles. The van der Waals surface area contributed by atoms with Gasteiger partial charge in [-0.1, -0.05) is 24.6 Å². The van der Waals surface area contributed by atoms with Crippen molar-refractivity contribution in [2.24, 2.45) is 0 Å². The first-order valence-electron chi connectivity index (χ1n) is 6.74. The van der Waals surface area contributed by atoms with Gasteiger partial charge in [0.05, 0.1) is 0 Å². The molecule has 1 saturated heterocycles. The summed E-state index contributed by atoms with van der Waals surface area (Å²) in [4.78, 5) is 25.8. The van der Waals surface area contributed by atoms with Crippen LogP contribution in [0.15, 0.2) is 18.2 Å². The number of carboxylic acids is 1. The molecule has 1 unspecified atom stereocenters. The number of benzene rings is 1. The Morgan fingerprint density at radius 1 is 1.45 bits per heavy atom. The molecule has 2 rings (SSSR count). The second-order valence-electron chi connectivity index (χ2n) is 5.16. The average molecular weight is 296 g/mol. The fraction of sp³-hybridized carbons (Fsp3) is 0.467. The minimum atomic E-state index is -1.08. The van der Waals surface area contributed by atoms with Crippen molar-refractivity contribution >= 4 is 23.5 Å². The number of aliphatic carboxylic acids is 1. The molecule has 1 amide bonds. The van der Waals surface area contributed by atoms with Crippen molar-refractivity contribution in [2.45, 2.75) is 38.6 Å². The molecule has 0 radical (unpaired) electrons. The number of hydrogen-bond donors (Lipinski definition) is 1. The summed E-state index contributed by atoms with van der Waals surface area (Å²) in [6, 6.07) is 5.14. The standard InChI is InChI=1S/C15H18ClNO3/c1-3-15(14(19)20)8-5-9-17(15)13(18)11-6-4-7-12(16)10(11)2/h4,6-7H,3,5,8-9H2,1-2H3,(H,19,20). The molecule has 1 heterocycles. The number of carbonyl (C=O) groups is 2. The van der Waals surface area contributed by atoms with Gasteiger partial charge in [0.25, 0.3) is 5.91 Å². The number of carbonyl (C=O) groups excluding carboxylic acids is 1. The van der Waals surface area contributed by atoms with Gasteiger partial charge in [0.2, 0.25) is 0 Å². The van der Waals surface area contributed by atoms with Gasteiger partial charge in [0.15, 0.2) is 0 Å². The van der Waals surface area contributed by atoms with Crippen LogP contribution in [0.3, 0.4) is 0 Å². The van der Waals surface area contributed by atoms with Gasteiger partial charge in [-0.15, -0.1) is 0 Å². The Bertz CT molecular complexity index is 558. The van der Waals surface area contributed by atoms with E-state index < -0.39 is 11.5 Å². The highest BCUT2D eigenvalue weighted by molar-refractivity contribution is 6.31. The highest BCUT2D eigenvalue weighted by Gasteiger charge is 2.48. The van der Waals surface area contributed by atoms with E-state index in [2.05, 4.69) is 0 Å². The van der Waals surface area contributed by atoms with E-state index in [1.165, 1.54) is 4.90 Å². The molecule has 1 atom stereocenters. The zero-order valence-corrected chi connectivity index (χ0v) is 12.4. The molecule has 1 fully saturated rings. The molecule has 20 heavy (non-hydrogen) atoms. The summed E-state index contributed by atoms with van der Waals surface area (Å²) in [5.41, 5.74) is 0.103. The summed E-state index contributed by atoms with van der Waals surface area (Å²) in [6.45, 7) is 4.06. The van der Waals surface area contributed by atoms with Gasteiger partial charge in [-0.3, -0.25) is 4.79 Å². The van der Waals surface area contributed by atoms with Crippen LogP contribution in [0.1, 0.15) is 42.1 Å². The van der Waals surface area contributed by atoms with Crippen molar-refractivity contribution in [3.63, 3.8) is 0 Å². The van der Waals surface area contributed by atoms with E-state index in [1.54, 1.807) is 25.1 Å². The Hall–Kier alpha value is -1.55. The van der Waals surface area contributed by atoms with E-state index >= 15 is 0 Å². The highest BCUT2D eigenvalue weighted by atomic mass is 35.5. The molecule has 4 nitrogen and oxygen atoms in total. The van der Waals surface area contributed by atoms with Crippen LogP contribution < -0.4 is 0 Å². The van der Waals surface area contributed by atoms with Crippen molar-refractivity contribution in [3.8, 4) is 0 Å². The summed E-state index contributed by atoms with van der Waals surface area (Å²) in [5, 5.41) is 10.1. The monoisotopic (exact) mass is 295 g/mol. The maximum atomic E-state index is 12.7. The van der Waals surface area contributed by atoms with Crippen LogP contribution >= 0.6 is 11.6 Å². The number of likely N-dealkylation sites (tertiary alicyclic amines) is 1.